The summed E-state index contributed by atoms with van der Waals surface area (Å²) in [7, 11) is 0. The zero-order valence-electron chi connectivity index (χ0n) is 12.3. The summed E-state index contributed by atoms with van der Waals surface area (Å²) >= 11 is 0. The van der Waals surface area contributed by atoms with E-state index in [4.69, 9.17) is 9.47 Å². The summed E-state index contributed by atoms with van der Waals surface area (Å²) in [6.07, 6.45) is 15.7. The minimum absolute atomic E-state index is 0.491. The number of rotatable bonds is 5. The second-order valence-electron chi connectivity index (χ2n) is 5.45. The normalized spacial score (nSPS) is 21.2. The smallest absolute Gasteiger partial charge is 0.0704 e. The molecule has 1 saturated carbocycles. The summed E-state index contributed by atoms with van der Waals surface area (Å²) in [4.78, 5) is 0. The molecule has 1 fully saturated rings. The van der Waals surface area contributed by atoms with E-state index in [0.29, 0.717) is 6.10 Å². The van der Waals surface area contributed by atoms with Gasteiger partial charge in [0.2, 0.25) is 0 Å². The Hall–Kier alpha value is -0.0800. The molecule has 0 saturated heterocycles. The maximum Gasteiger partial charge on any atom is 0.0704 e. The molecule has 0 aliphatic heterocycles. The molecule has 0 aromatic heterocycles. The van der Waals surface area contributed by atoms with Crippen LogP contribution in [0.4, 0.5) is 0 Å². The van der Waals surface area contributed by atoms with E-state index in [-0.39, 0.29) is 0 Å². The molecule has 0 spiro atoms. The molecule has 0 radical (unpaired) electrons. The quantitative estimate of drug-likeness (QED) is 0.663. The first-order valence-corrected chi connectivity index (χ1v) is 8.13. The standard InChI is InChI=1S/C16H32O2/c1-2-17-14-15-18-16-12-10-8-6-4-3-5-7-9-11-13-16/h16H,2-15H2,1H3. The van der Waals surface area contributed by atoms with Gasteiger partial charge in [-0.25, -0.2) is 0 Å². The van der Waals surface area contributed by atoms with Crippen molar-refractivity contribution in [2.45, 2.75) is 83.7 Å². The Bertz CT molecular complexity index is 156. The molecule has 0 heterocycles. The minimum Gasteiger partial charge on any atom is -0.379 e. The van der Waals surface area contributed by atoms with E-state index < -0.39 is 0 Å². The van der Waals surface area contributed by atoms with Crippen LogP contribution in [0.1, 0.15) is 77.6 Å². The van der Waals surface area contributed by atoms with Crippen molar-refractivity contribution < 1.29 is 9.47 Å². The van der Waals surface area contributed by atoms with Gasteiger partial charge >= 0.3 is 0 Å². The first-order chi connectivity index (χ1) is 8.93. The van der Waals surface area contributed by atoms with E-state index in [1.807, 2.05) is 6.92 Å². The zero-order chi connectivity index (χ0) is 12.9. The topological polar surface area (TPSA) is 18.5 Å². The van der Waals surface area contributed by atoms with Crippen LogP contribution in [-0.2, 0) is 9.47 Å². The molecule has 2 nitrogen and oxygen atoms in total. The van der Waals surface area contributed by atoms with Gasteiger partial charge in [-0.05, 0) is 19.8 Å². The molecule has 108 valence electrons. The Morgan fingerprint density at radius 3 is 1.72 bits per heavy atom. The van der Waals surface area contributed by atoms with E-state index in [1.165, 1.54) is 70.6 Å². The minimum atomic E-state index is 0.491. The van der Waals surface area contributed by atoms with Crippen molar-refractivity contribution in [3.63, 3.8) is 0 Å². The summed E-state index contributed by atoms with van der Waals surface area (Å²) in [5.74, 6) is 0. The van der Waals surface area contributed by atoms with Gasteiger partial charge in [0.05, 0.1) is 19.3 Å². The predicted octanol–water partition coefficient (Wildman–Crippen LogP) is 4.71. The van der Waals surface area contributed by atoms with Crippen molar-refractivity contribution in [3.8, 4) is 0 Å². The Morgan fingerprint density at radius 2 is 1.22 bits per heavy atom. The van der Waals surface area contributed by atoms with E-state index in [2.05, 4.69) is 0 Å². The van der Waals surface area contributed by atoms with Crippen molar-refractivity contribution >= 4 is 0 Å². The lowest BCUT2D eigenvalue weighted by atomic mass is 9.99. The molecule has 0 amide bonds. The zero-order valence-corrected chi connectivity index (χ0v) is 12.3. The van der Waals surface area contributed by atoms with E-state index in [0.717, 1.165) is 19.8 Å². The van der Waals surface area contributed by atoms with Crippen LogP contribution in [-0.4, -0.2) is 25.9 Å². The summed E-state index contributed by atoms with van der Waals surface area (Å²) in [6, 6.07) is 0. The molecule has 18 heavy (non-hydrogen) atoms. The van der Waals surface area contributed by atoms with Crippen LogP contribution in [0.3, 0.4) is 0 Å². The molecule has 0 aromatic carbocycles. The molecule has 0 N–H and O–H groups in total. The van der Waals surface area contributed by atoms with Crippen LogP contribution in [0.5, 0.6) is 0 Å². The highest BCUT2D eigenvalue weighted by Gasteiger charge is 2.09. The van der Waals surface area contributed by atoms with Crippen molar-refractivity contribution in [2.24, 2.45) is 0 Å². The van der Waals surface area contributed by atoms with Crippen LogP contribution in [0, 0.1) is 0 Å². The summed E-state index contributed by atoms with van der Waals surface area (Å²) in [6.45, 7) is 4.37. The summed E-state index contributed by atoms with van der Waals surface area (Å²) in [5, 5.41) is 0. The molecular formula is C16H32O2. The highest BCUT2D eigenvalue weighted by Crippen LogP contribution is 2.18. The summed E-state index contributed by atoms with van der Waals surface area (Å²) in [5.41, 5.74) is 0. The highest BCUT2D eigenvalue weighted by molar-refractivity contribution is 4.61. The first-order valence-electron chi connectivity index (χ1n) is 8.13. The van der Waals surface area contributed by atoms with Gasteiger partial charge < -0.3 is 9.47 Å². The largest absolute Gasteiger partial charge is 0.379 e. The fourth-order valence-electron chi connectivity index (χ4n) is 2.71. The Kier molecular flexibility index (Phi) is 10.6. The average Bonchev–Trinajstić information content (AvgIpc) is 2.37. The van der Waals surface area contributed by atoms with Gasteiger partial charge in [-0.1, -0.05) is 57.8 Å². The van der Waals surface area contributed by atoms with Gasteiger partial charge in [0.1, 0.15) is 0 Å². The molecular weight excluding hydrogens is 224 g/mol. The van der Waals surface area contributed by atoms with Crippen LogP contribution in [0.25, 0.3) is 0 Å². The van der Waals surface area contributed by atoms with Gasteiger partial charge in [-0.2, -0.15) is 0 Å². The van der Waals surface area contributed by atoms with Gasteiger partial charge in [0.15, 0.2) is 0 Å². The van der Waals surface area contributed by atoms with E-state index in [1.54, 1.807) is 0 Å². The molecule has 2 heteroatoms. The van der Waals surface area contributed by atoms with Crippen LogP contribution in [0.2, 0.25) is 0 Å². The fraction of sp³-hybridized carbons (Fsp3) is 1.00. The Labute approximate surface area is 113 Å². The van der Waals surface area contributed by atoms with Gasteiger partial charge in [0, 0.05) is 6.61 Å². The first kappa shape index (κ1) is 16.0. The van der Waals surface area contributed by atoms with Crippen LogP contribution < -0.4 is 0 Å². The average molecular weight is 256 g/mol. The SMILES string of the molecule is CCOCCOC1CCCCCCCCCCC1. The van der Waals surface area contributed by atoms with Crippen molar-refractivity contribution in [1.29, 1.82) is 0 Å². The van der Waals surface area contributed by atoms with Crippen molar-refractivity contribution in [2.75, 3.05) is 19.8 Å². The lowest BCUT2D eigenvalue weighted by molar-refractivity contribution is -0.00177. The number of ether oxygens (including phenoxy) is 2. The molecule has 1 aliphatic rings. The third kappa shape index (κ3) is 8.93. The second-order valence-corrected chi connectivity index (χ2v) is 5.45. The van der Waals surface area contributed by atoms with Gasteiger partial charge in [-0.15, -0.1) is 0 Å². The van der Waals surface area contributed by atoms with Gasteiger partial charge in [-0.3, -0.25) is 0 Å². The highest BCUT2D eigenvalue weighted by atomic mass is 16.5. The lowest BCUT2D eigenvalue weighted by Gasteiger charge is -2.18. The third-order valence-corrected chi connectivity index (χ3v) is 3.84. The molecule has 0 unspecified atom stereocenters. The monoisotopic (exact) mass is 256 g/mol. The Morgan fingerprint density at radius 1 is 0.722 bits per heavy atom. The Balaban J connectivity index is 2.14. The molecule has 1 aliphatic carbocycles. The second kappa shape index (κ2) is 12.0. The van der Waals surface area contributed by atoms with E-state index in [9.17, 15) is 0 Å². The van der Waals surface area contributed by atoms with Crippen molar-refractivity contribution in [3.05, 3.63) is 0 Å². The summed E-state index contributed by atoms with van der Waals surface area (Å²) < 4.78 is 11.3. The third-order valence-electron chi connectivity index (χ3n) is 3.84. The van der Waals surface area contributed by atoms with E-state index >= 15 is 0 Å². The predicted molar refractivity (Wildman–Crippen MR) is 77.0 cm³/mol. The fourth-order valence-corrected chi connectivity index (χ4v) is 2.71. The lowest BCUT2D eigenvalue weighted by Crippen LogP contribution is -2.16. The van der Waals surface area contributed by atoms with Crippen molar-refractivity contribution in [1.82, 2.24) is 0 Å². The maximum absolute atomic E-state index is 5.96. The molecule has 0 atom stereocenters. The van der Waals surface area contributed by atoms with Crippen LogP contribution >= 0.6 is 0 Å². The molecule has 0 aromatic rings. The number of hydrogen-bond acceptors (Lipinski definition) is 2. The van der Waals surface area contributed by atoms with Crippen LogP contribution in [0.15, 0.2) is 0 Å². The number of hydrogen-bond donors (Lipinski definition) is 0. The molecule has 1 rings (SSSR count). The maximum atomic E-state index is 5.96. The van der Waals surface area contributed by atoms with Gasteiger partial charge in [0.25, 0.3) is 0 Å². The molecule has 0 bridgehead atoms.